The molecule has 2 amide bonds. The maximum Gasteiger partial charge on any atom is 0.317 e. The predicted molar refractivity (Wildman–Crippen MR) is 146 cm³/mol. The number of benzene rings is 1. The molecule has 0 spiro atoms. The summed E-state index contributed by atoms with van der Waals surface area (Å²) in [6, 6.07) is 3.40. The third-order valence-electron chi connectivity index (χ3n) is 8.13. The van der Waals surface area contributed by atoms with Crippen molar-refractivity contribution in [3.8, 4) is 11.1 Å². The van der Waals surface area contributed by atoms with Gasteiger partial charge in [-0.05, 0) is 49.4 Å². The second-order valence-electron chi connectivity index (χ2n) is 10.8. The van der Waals surface area contributed by atoms with Crippen molar-refractivity contribution in [2.75, 3.05) is 25.0 Å². The topological polar surface area (TPSA) is 71.2 Å². The van der Waals surface area contributed by atoms with E-state index in [4.69, 9.17) is 5.10 Å². The number of rotatable bonds is 4. The summed E-state index contributed by atoms with van der Waals surface area (Å²) in [5.41, 5.74) is 4.70. The molecule has 0 saturated heterocycles. The van der Waals surface area contributed by atoms with Gasteiger partial charge in [-0.25, -0.2) is 13.6 Å². The summed E-state index contributed by atoms with van der Waals surface area (Å²) in [6.07, 6.45) is 12.3. The number of nitrogens with zero attached hydrogens (tertiary/aromatic N) is 6. The molecule has 39 heavy (non-hydrogen) atoms. The molecular formula is C29H33F2N7O. The zero-order valence-corrected chi connectivity index (χ0v) is 22.5. The van der Waals surface area contributed by atoms with E-state index in [-0.39, 0.29) is 17.1 Å². The molecule has 0 bridgehead atoms. The first-order valence-electron chi connectivity index (χ1n) is 13.4. The molecule has 3 aromatic rings. The van der Waals surface area contributed by atoms with Crippen LogP contribution in [0.3, 0.4) is 0 Å². The number of allylic oxidation sites excluding steroid dienone is 4. The molecule has 1 N–H and O–H groups in total. The molecule has 10 heteroatoms. The molecule has 0 fully saturated rings. The van der Waals surface area contributed by atoms with Crippen molar-refractivity contribution in [2.45, 2.75) is 51.1 Å². The van der Waals surface area contributed by atoms with Gasteiger partial charge in [0.15, 0.2) is 5.82 Å². The molecule has 2 aliphatic heterocycles. The molecule has 1 aromatic carbocycles. The Kier molecular flexibility index (Phi) is 6.28. The number of nitrogens with one attached hydrogen (secondary N) is 1. The van der Waals surface area contributed by atoms with Crippen molar-refractivity contribution in [3.05, 3.63) is 71.2 Å². The molecule has 0 radical (unpaired) electrons. The van der Waals surface area contributed by atoms with E-state index in [1.807, 2.05) is 18.2 Å². The van der Waals surface area contributed by atoms with Gasteiger partial charge in [0.2, 0.25) is 0 Å². The van der Waals surface area contributed by atoms with Gasteiger partial charge in [0.1, 0.15) is 0 Å². The highest BCUT2D eigenvalue weighted by Gasteiger charge is 2.37. The van der Waals surface area contributed by atoms with Crippen LogP contribution in [-0.2, 0) is 32.0 Å². The van der Waals surface area contributed by atoms with Gasteiger partial charge in [-0.3, -0.25) is 9.36 Å². The van der Waals surface area contributed by atoms with E-state index < -0.39 is 6.43 Å². The molecule has 1 atom stereocenters. The largest absolute Gasteiger partial charge is 0.341 e. The lowest BCUT2D eigenvalue weighted by molar-refractivity contribution is 0.152. The van der Waals surface area contributed by atoms with Gasteiger partial charge in [0.05, 0.1) is 18.3 Å². The minimum Gasteiger partial charge on any atom is -0.341 e. The van der Waals surface area contributed by atoms with Crippen LogP contribution in [0.5, 0.6) is 0 Å². The molecular weight excluding hydrogens is 500 g/mol. The molecule has 4 heterocycles. The van der Waals surface area contributed by atoms with Crippen LogP contribution in [0.15, 0.2) is 48.8 Å². The number of alkyl halides is 2. The van der Waals surface area contributed by atoms with Crippen molar-refractivity contribution in [2.24, 2.45) is 7.05 Å². The van der Waals surface area contributed by atoms with Crippen LogP contribution < -0.4 is 10.2 Å². The Hall–Kier alpha value is -3.95. The summed E-state index contributed by atoms with van der Waals surface area (Å²) in [6.45, 7) is 3.83. The number of hydrogen-bond donors (Lipinski definition) is 1. The molecule has 8 nitrogen and oxygen atoms in total. The first-order chi connectivity index (χ1) is 18.8. The van der Waals surface area contributed by atoms with E-state index in [9.17, 15) is 13.6 Å². The Morgan fingerprint density at radius 3 is 2.72 bits per heavy atom. The predicted octanol–water partition coefficient (Wildman–Crippen LogP) is 5.23. The molecule has 3 aliphatic rings. The maximum absolute atomic E-state index is 14.4. The third kappa shape index (κ3) is 4.31. The molecule has 6 rings (SSSR count). The van der Waals surface area contributed by atoms with Crippen molar-refractivity contribution in [1.29, 1.82) is 0 Å². The molecule has 204 valence electrons. The number of carbonyl (C=O) groups excluding carboxylic acids is 1. The second kappa shape index (κ2) is 9.66. The number of aryl methyl sites for hydroxylation is 2. The summed E-state index contributed by atoms with van der Waals surface area (Å²) in [5.74, 6) is 0.748. The van der Waals surface area contributed by atoms with Crippen molar-refractivity contribution < 1.29 is 13.6 Å². The van der Waals surface area contributed by atoms with E-state index in [2.05, 4.69) is 39.1 Å². The fourth-order valence-electron chi connectivity index (χ4n) is 6.11. The highest BCUT2D eigenvalue weighted by molar-refractivity contribution is 5.78. The number of anilines is 2. The Morgan fingerprint density at radius 2 is 2.03 bits per heavy atom. The number of halogens is 2. The standard InChI is InChI=1S/C29H33F2N7O/c1-29(10-5-4-6-11-29)38-24-9-13-36(28(39)32-2)18-23(24)27(34-38)37-12-7-8-19-14-21(20-16-33-35(3)17-20)22(26(30)31)15-25(19)37/h4-6,10,14-17,26H,7-9,11-13,18H2,1-3H3,(H,32,39). The van der Waals surface area contributed by atoms with Gasteiger partial charge in [-0.15, -0.1) is 0 Å². The third-order valence-corrected chi connectivity index (χ3v) is 8.13. The summed E-state index contributed by atoms with van der Waals surface area (Å²) >= 11 is 0. The smallest absolute Gasteiger partial charge is 0.317 e. The van der Waals surface area contributed by atoms with E-state index in [1.54, 1.807) is 42.1 Å². The van der Waals surface area contributed by atoms with Gasteiger partial charge in [0.25, 0.3) is 6.43 Å². The summed E-state index contributed by atoms with van der Waals surface area (Å²) in [5, 5.41) is 12.1. The minimum absolute atomic E-state index is 0.0127. The Morgan fingerprint density at radius 1 is 1.18 bits per heavy atom. The number of amides is 2. The van der Waals surface area contributed by atoms with E-state index in [1.165, 1.54) is 0 Å². The minimum atomic E-state index is -2.64. The Bertz CT molecular complexity index is 1490. The van der Waals surface area contributed by atoms with E-state index in [0.717, 1.165) is 47.6 Å². The number of hydrogen-bond acceptors (Lipinski definition) is 4. The van der Waals surface area contributed by atoms with Crippen LogP contribution in [0, 0.1) is 0 Å². The van der Waals surface area contributed by atoms with Crippen LogP contribution in [0.4, 0.5) is 25.1 Å². The van der Waals surface area contributed by atoms with Gasteiger partial charge >= 0.3 is 6.03 Å². The highest BCUT2D eigenvalue weighted by atomic mass is 19.3. The summed E-state index contributed by atoms with van der Waals surface area (Å²) in [7, 11) is 3.42. The average Bonchev–Trinajstić information content (AvgIpc) is 3.55. The number of urea groups is 1. The normalized spacial score (nSPS) is 20.4. The number of fused-ring (bicyclic) bond motifs is 2. The molecule has 2 aromatic heterocycles. The zero-order valence-electron chi connectivity index (χ0n) is 22.5. The van der Waals surface area contributed by atoms with Gasteiger partial charge in [-0.2, -0.15) is 10.2 Å². The zero-order chi connectivity index (χ0) is 27.3. The number of carbonyl (C=O) groups is 1. The SMILES string of the molecule is CNC(=O)N1CCc2c(c(N3CCCc4cc(-c5cnn(C)c5)c(C(F)F)cc43)nn2C2(C)C=CC=CC2)C1. The van der Waals surface area contributed by atoms with Crippen LogP contribution >= 0.6 is 0 Å². The van der Waals surface area contributed by atoms with Crippen LogP contribution in [0.2, 0.25) is 0 Å². The fourth-order valence-corrected chi connectivity index (χ4v) is 6.11. The lowest BCUT2D eigenvalue weighted by atomic mass is 9.92. The van der Waals surface area contributed by atoms with Crippen molar-refractivity contribution >= 4 is 17.5 Å². The highest BCUT2D eigenvalue weighted by Crippen LogP contribution is 2.44. The van der Waals surface area contributed by atoms with Crippen LogP contribution in [0.1, 0.15) is 48.6 Å². The van der Waals surface area contributed by atoms with E-state index in [0.29, 0.717) is 37.2 Å². The Balaban J connectivity index is 1.50. The summed E-state index contributed by atoms with van der Waals surface area (Å²) in [4.78, 5) is 16.5. The molecule has 0 saturated carbocycles. The molecule has 1 aliphatic carbocycles. The average molecular weight is 534 g/mol. The molecule has 1 unspecified atom stereocenters. The quantitative estimate of drug-likeness (QED) is 0.498. The van der Waals surface area contributed by atoms with Gasteiger partial charge in [-0.1, -0.05) is 24.3 Å². The summed E-state index contributed by atoms with van der Waals surface area (Å²) < 4.78 is 32.6. The first kappa shape index (κ1) is 25.3. The fraction of sp³-hybridized carbons (Fsp3) is 0.414. The monoisotopic (exact) mass is 533 g/mol. The lowest BCUT2D eigenvalue weighted by Crippen LogP contribution is -2.42. The van der Waals surface area contributed by atoms with Crippen LogP contribution in [-0.4, -0.2) is 50.6 Å². The van der Waals surface area contributed by atoms with Crippen molar-refractivity contribution in [3.63, 3.8) is 0 Å². The van der Waals surface area contributed by atoms with Crippen LogP contribution in [0.25, 0.3) is 11.1 Å². The van der Waals surface area contributed by atoms with Gasteiger partial charge < -0.3 is 15.1 Å². The van der Waals surface area contributed by atoms with E-state index >= 15 is 0 Å². The lowest BCUT2D eigenvalue weighted by Gasteiger charge is -2.33. The van der Waals surface area contributed by atoms with Crippen molar-refractivity contribution in [1.82, 2.24) is 29.8 Å². The van der Waals surface area contributed by atoms with Gasteiger partial charge in [0, 0.05) is 67.9 Å². The second-order valence-corrected chi connectivity index (χ2v) is 10.8. The maximum atomic E-state index is 14.4. The number of aromatic nitrogens is 4. The first-order valence-corrected chi connectivity index (χ1v) is 13.4. The Labute approximate surface area is 226 Å².